The Morgan fingerprint density at radius 3 is 2.71 bits per heavy atom. The standard InChI is InChI=1S/C21H26FN5O/c1-14(2)26(4)19-10-9-16(13-17(19)22)25-21(28)23-11-12-27-15(3)24-18-7-5-6-8-20(18)27/h5-10,13-14H,11-12H2,1-4H3,(H2,23,25,28). The van der Waals surface area contributed by atoms with Gasteiger partial charge in [0.2, 0.25) is 0 Å². The zero-order valence-corrected chi connectivity index (χ0v) is 16.7. The molecule has 7 heteroatoms. The van der Waals surface area contributed by atoms with Crippen LogP contribution in [0.15, 0.2) is 42.5 Å². The number of amides is 2. The summed E-state index contributed by atoms with van der Waals surface area (Å²) in [7, 11) is 1.84. The Balaban J connectivity index is 1.57. The SMILES string of the molecule is Cc1nc2ccccc2n1CCNC(=O)Nc1ccc(N(C)C(C)C)c(F)c1. The number of para-hydroxylation sites is 2. The second-order valence-electron chi connectivity index (χ2n) is 7.05. The van der Waals surface area contributed by atoms with Crippen molar-refractivity contribution in [3.8, 4) is 0 Å². The van der Waals surface area contributed by atoms with E-state index in [9.17, 15) is 9.18 Å². The predicted octanol–water partition coefficient (Wildman–Crippen LogP) is 4.15. The lowest BCUT2D eigenvalue weighted by atomic mass is 10.2. The first-order chi connectivity index (χ1) is 13.4. The first-order valence-corrected chi connectivity index (χ1v) is 9.36. The van der Waals surface area contributed by atoms with Crippen LogP contribution in [0.25, 0.3) is 11.0 Å². The van der Waals surface area contributed by atoms with Crippen LogP contribution in [-0.4, -0.2) is 35.2 Å². The molecule has 0 bridgehead atoms. The quantitative estimate of drug-likeness (QED) is 0.672. The van der Waals surface area contributed by atoms with Crippen molar-refractivity contribution < 1.29 is 9.18 Å². The Morgan fingerprint density at radius 2 is 2.00 bits per heavy atom. The van der Waals surface area contributed by atoms with E-state index in [4.69, 9.17) is 0 Å². The fourth-order valence-corrected chi connectivity index (χ4v) is 3.08. The van der Waals surface area contributed by atoms with Gasteiger partial charge < -0.3 is 20.1 Å². The normalized spacial score (nSPS) is 11.1. The molecule has 2 aromatic carbocycles. The van der Waals surface area contributed by atoms with Crippen molar-refractivity contribution in [2.24, 2.45) is 0 Å². The number of nitrogens with zero attached hydrogens (tertiary/aromatic N) is 3. The van der Waals surface area contributed by atoms with Gasteiger partial charge in [0.1, 0.15) is 11.6 Å². The van der Waals surface area contributed by atoms with Crippen molar-refractivity contribution in [2.45, 2.75) is 33.4 Å². The zero-order valence-electron chi connectivity index (χ0n) is 16.7. The summed E-state index contributed by atoms with van der Waals surface area (Å²) in [5.74, 6) is 0.532. The van der Waals surface area contributed by atoms with E-state index in [0.29, 0.717) is 24.5 Å². The van der Waals surface area contributed by atoms with Crippen LogP contribution in [0.5, 0.6) is 0 Å². The third kappa shape index (κ3) is 4.24. The van der Waals surface area contributed by atoms with Gasteiger partial charge in [0.15, 0.2) is 0 Å². The Hall–Kier alpha value is -3.09. The molecule has 0 radical (unpaired) electrons. The Morgan fingerprint density at radius 1 is 1.25 bits per heavy atom. The van der Waals surface area contributed by atoms with Gasteiger partial charge in [-0.2, -0.15) is 0 Å². The molecule has 3 rings (SSSR count). The van der Waals surface area contributed by atoms with E-state index in [2.05, 4.69) is 20.2 Å². The van der Waals surface area contributed by atoms with Crippen molar-refractivity contribution >= 4 is 28.4 Å². The van der Waals surface area contributed by atoms with Crippen molar-refractivity contribution in [1.29, 1.82) is 0 Å². The molecule has 0 saturated heterocycles. The number of fused-ring (bicyclic) bond motifs is 1. The van der Waals surface area contributed by atoms with E-state index in [1.54, 1.807) is 12.1 Å². The maximum Gasteiger partial charge on any atom is 0.319 e. The predicted molar refractivity (Wildman–Crippen MR) is 111 cm³/mol. The van der Waals surface area contributed by atoms with Crippen molar-refractivity contribution in [3.05, 3.63) is 54.1 Å². The van der Waals surface area contributed by atoms with Gasteiger partial charge in [0.25, 0.3) is 0 Å². The minimum absolute atomic E-state index is 0.180. The summed E-state index contributed by atoms with van der Waals surface area (Å²) in [6, 6.07) is 12.4. The monoisotopic (exact) mass is 383 g/mol. The van der Waals surface area contributed by atoms with Crippen LogP contribution >= 0.6 is 0 Å². The smallest absolute Gasteiger partial charge is 0.319 e. The molecule has 0 saturated carbocycles. The number of carbonyl (C=O) groups excluding carboxylic acids is 1. The lowest BCUT2D eigenvalue weighted by molar-refractivity contribution is 0.251. The molecule has 6 nitrogen and oxygen atoms in total. The maximum atomic E-state index is 14.3. The molecule has 3 aromatic rings. The number of urea groups is 1. The van der Waals surface area contributed by atoms with E-state index in [1.807, 2.05) is 57.0 Å². The minimum Gasteiger partial charge on any atom is -0.370 e. The molecular formula is C21H26FN5O. The summed E-state index contributed by atoms with van der Waals surface area (Å²) >= 11 is 0. The summed E-state index contributed by atoms with van der Waals surface area (Å²) in [5.41, 5.74) is 2.89. The van der Waals surface area contributed by atoms with Gasteiger partial charge in [-0.3, -0.25) is 0 Å². The van der Waals surface area contributed by atoms with Gasteiger partial charge in [0, 0.05) is 31.9 Å². The van der Waals surface area contributed by atoms with E-state index in [-0.39, 0.29) is 17.9 Å². The highest BCUT2D eigenvalue weighted by atomic mass is 19.1. The fourth-order valence-electron chi connectivity index (χ4n) is 3.08. The molecule has 0 aliphatic rings. The molecule has 0 aliphatic heterocycles. The highest BCUT2D eigenvalue weighted by Crippen LogP contribution is 2.23. The molecule has 2 amide bonds. The second-order valence-corrected chi connectivity index (χ2v) is 7.05. The third-order valence-corrected chi connectivity index (χ3v) is 4.83. The van der Waals surface area contributed by atoms with Crippen LogP contribution in [0, 0.1) is 12.7 Å². The van der Waals surface area contributed by atoms with Crippen LogP contribution in [0.3, 0.4) is 0 Å². The van der Waals surface area contributed by atoms with Crippen LogP contribution in [0.1, 0.15) is 19.7 Å². The van der Waals surface area contributed by atoms with Crippen molar-refractivity contribution in [1.82, 2.24) is 14.9 Å². The number of imidazole rings is 1. The number of benzene rings is 2. The summed E-state index contributed by atoms with van der Waals surface area (Å²) in [5, 5.41) is 5.48. The molecule has 1 heterocycles. The highest BCUT2D eigenvalue weighted by molar-refractivity contribution is 5.89. The minimum atomic E-state index is -0.369. The first-order valence-electron chi connectivity index (χ1n) is 9.36. The van der Waals surface area contributed by atoms with Crippen molar-refractivity contribution in [3.63, 3.8) is 0 Å². The van der Waals surface area contributed by atoms with Gasteiger partial charge in [0.05, 0.1) is 16.7 Å². The van der Waals surface area contributed by atoms with Gasteiger partial charge in [-0.15, -0.1) is 0 Å². The summed E-state index contributed by atoms with van der Waals surface area (Å²) in [6.07, 6.45) is 0. The van der Waals surface area contributed by atoms with Gasteiger partial charge >= 0.3 is 6.03 Å². The topological polar surface area (TPSA) is 62.2 Å². The van der Waals surface area contributed by atoms with Gasteiger partial charge in [-0.1, -0.05) is 12.1 Å². The lowest BCUT2D eigenvalue weighted by Gasteiger charge is -2.24. The van der Waals surface area contributed by atoms with Gasteiger partial charge in [-0.25, -0.2) is 14.2 Å². The van der Waals surface area contributed by atoms with E-state index < -0.39 is 0 Å². The lowest BCUT2D eigenvalue weighted by Crippen LogP contribution is -2.31. The number of carbonyl (C=O) groups is 1. The average molecular weight is 383 g/mol. The molecular weight excluding hydrogens is 357 g/mol. The van der Waals surface area contributed by atoms with Crippen molar-refractivity contribution in [2.75, 3.05) is 23.8 Å². The van der Waals surface area contributed by atoms with E-state index >= 15 is 0 Å². The van der Waals surface area contributed by atoms with Crippen LogP contribution < -0.4 is 15.5 Å². The average Bonchev–Trinajstić information content (AvgIpc) is 2.97. The number of aryl methyl sites for hydroxylation is 1. The van der Waals surface area contributed by atoms with E-state index in [0.717, 1.165) is 16.9 Å². The fraction of sp³-hybridized carbons (Fsp3) is 0.333. The van der Waals surface area contributed by atoms with E-state index in [1.165, 1.54) is 6.07 Å². The number of aromatic nitrogens is 2. The molecule has 0 fully saturated rings. The number of nitrogens with one attached hydrogen (secondary N) is 2. The Kier molecular flexibility index (Phi) is 5.82. The summed E-state index contributed by atoms with van der Waals surface area (Å²) < 4.78 is 16.4. The number of anilines is 2. The molecule has 0 unspecified atom stereocenters. The summed E-state index contributed by atoms with van der Waals surface area (Å²) in [6.45, 7) is 6.96. The van der Waals surface area contributed by atoms with Gasteiger partial charge in [-0.05, 0) is 51.1 Å². The van der Waals surface area contributed by atoms with Crippen LogP contribution in [0.4, 0.5) is 20.6 Å². The maximum absolute atomic E-state index is 14.3. The number of halogens is 1. The summed E-state index contributed by atoms with van der Waals surface area (Å²) in [4.78, 5) is 18.5. The highest BCUT2D eigenvalue weighted by Gasteiger charge is 2.12. The van der Waals surface area contributed by atoms with Crippen LogP contribution in [0.2, 0.25) is 0 Å². The first kappa shape index (κ1) is 19.7. The molecule has 0 aliphatic carbocycles. The third-order valence-electron chi connectivity index (χ3n) is 4.83. The molecule has 28 heavy (non-hydrogen) atoms. The molecule has 0 spiro atoms. The zero-order chi connectivity index (χ0) is 20.3. The molecule has 148 valence electrons. The largest absolute Gasteiger partial charge is 0.370 e. The molecule has 1 aromatic heterocycles. The number of rotatable bonds is 6. The second kappa shape index (κ2) is 8.29. The Labute approximate surface area is 164 Å². The Bertz CT molecular complexity index is 982. The van der Waals surface area contributed by atoms with Crippen LogP contribution in [-0.2, 0) is 6.54 Å². The number of hydrogen-bond acceptors (Lipinski definition) is 3. The molecule has 2 N–H and O–H groups in total. The molecule has 0 atom stereocenters. The number of hydrogen-bond donors (Lipinski definition) is 2.